The second-order valence-electron chi connectivity index (χ2n) is 11.2. The predicted molar refractivity (Wildman–Crippen MR) is 165 cm³/mol. The molecule has 1 heterocycles. The number of carboxylic acids is 1. The molecule has 0 bridgehead atoms. The number of rotatable bonds is 19. The van der Waals surface area contributed by atoms with Crippen molar-refractivity contribution in [1.29, 1.82) is 0 Å². The van der Waals surface area contributed by atoms with Crippen molar-refractivity contribution in [3.8, 4) is 0 Å². The molecule has 9 N–H and O–H groups in total. The van der Waals surface area contributed by atoms with Crippen molar-refractivity contribution in [2.45, 2.75) is 108 Å². The van der Waals surface area contributed by atoms with Crippen LogP contribution in [-0.4, -0.2) is 129 Å². The minimum Gasteiger partial charge on any atom is -0.481 e. The van der Waals surface area contributed by atoms with Crippen molar-refractivity contribution in [2.24, 2.45) is 11.7 Å². The number of hydrogen-bond donors (Lipinski definition) is 8. The van der Waals surface area contributed by atoms with E-state index in [-0.39, 0.29) is 19.4 Å². The van der Waals surface area contributed by atoms with E-state index in [9.17, 15) is 43.8 Å². The highest BCUT2D eigenvalue weighted by Gasteiger charge is 2.41. The van der Waals surface area contributed by atoms with Crippen molar-refractivity contribution < 1.29 is 48.9 Å². The Hall–Kier alpha value is -3.28. The molecule has 0 aliphatic carbocycles. The summed E-state index contributed by atoms with van der Waals surface area (Å²) in [5, 5.41) is 38.7. The highest BCUT2D eigenvalue weighted by Crippen LogP contribution is 2.22. The number of aldehydes is 1. The lowest BCUT2D eigenvalue weighted by atomic mass is 9.96. The number of likely N-dealkylation sites (tertiary alicyclic amines) is 1. The summed E-state index contributed by atoms with van der Waals surface area (Å²) in [4.78, 5) is 89.4. The minimum absolute atomic E-state index is 0.175. The van der Waals surface area contributed by atoms with E-state index in [0.717, 1.165) is 0 Å². The lowest BCUT2D eigenvalue weighted by molar-refractivity contribution is -0.144. The van der Waals surface area contributed by atoms with Gasteiger partial charge in [0, 0.05) is 6.54 Å². The van der Waals surface area contributed by atoms with Gasteiger partial charge in [-0.05, 0) is 51.0 Å². The van der Waals surface area contributed by atoms with Gasteiger partial charge in [0.15, 0.2) is 0 Å². The van der Waals surface area contributed by atoms with E-state index >= 15 is 0 Å². The molecule has 0 radical (unpaired) electrons. The van der Waals surface area contributed by atoms with Gasteiger partial charge in [0.1, 0.15) is 36.5 Å². The molecule has 1 rings (SSSR count). The standard InChI is InChI=1S/C28H48N6O10S/c1-6-14(2)22(32-27(43)23(16(4)37)33-26(42)21(29)15(3)36)28(44)34-10-7-8-19(34)25(41)31-18(9-11-45-5)24(40)30-17(13-35)12-20(38)39/h13-19,21-23,36-37H,6-12,29H2,1-5H3,(H,30,40)(H,31,41)(H,32,43)(H,33,42)(H,38,39)/t14-,15+,16+,17-,18-,19-,21-,22-,23-/m0/s1. The number of amides is 5. The summed E-state index contributed by atoms with van der Waals surface area (Å²) in [6, 6.07) is -7.37. The Balaban J connectivity index is 3.15. The Morgan fingerprint density at radius 1 is 0.956 bits per heavy atom. The van der Waals surface area contributed by atoms with E-state index in [1.165, 1.54) is 30.5 Å². The van der Waals surface area contributed by atoms with Crippen molar-refractivity contribution in [3.63, 3.8) is 0 Å². The maximum Gasteiger partial charge on any atom is 0.305 e. The largest absolute Gasteiger partial charge is 0.481 e. The average Bonchev–Trinajstić information content (AvgIpc) is 3.48. The molecule has 0 unspecified atom stereocenters. The van der Waals surface area contributed by atoms with Crippen LogP contribution in [0.2, 0.25) is 0 Å². The number of carbonyl (C=O) groups excluding carboxylic acids is 6. The molecule has 0 aromatic rings. The van der Waals surface area contributed by atoms with Gasteiger partial charge in [0.25, 0.3) is 0 Å². The molecule has 0 aromatic carbocycles. The first-order valence-electron chi connectivity index (χ1n) is 14.9. The molecule has 1 saturated heterocycles. The number of aliphatic hydroxyl groups excluding tert-OH is 2. The normalized spacial score (nSPS) is 19.9. The van der Waals surface area contributed by atoms with E-state index in [2.05, 4.69) is 21.3 Å². The van der Waals surface area contributed by atoms with Crippen LogP contribution in [0.5, 0.6) is 0 Å². The molecular formula is C28H48N6O10S. The molecule has 16 nitrogen and oxygen atoms in total. The second-order valence-corrected chi connectivity index (χ2v) is 12.2. The van der Waals surface area contributed by atoms with E-state index in [1.807, 2.05) is 0 Å². The van der Waals surface area contributed by atoms with Crippen LogP contribution in [-0.2, 0) is 33.6 Å². The zero-order valence-electron chi connectivity index (χ0n) is 26.4. The second kappa shape index (κ2) is 19.3. The lowest BCUT2D eigenvalue weighted by Gasteiger charge is -2.33. The maximum atomic E-state index is 13.8. The Morgan fingerprint density at radius 3 is 2.09 bits per heavy atom. The SMILES string of the molecule is CC[C@H](C)[C@H](NC(=O)[C@@H](NC(=O)[C@@H](N)[C@@H](C)O)[C@@H](C)O)C(=O)N1CCC[C@H]1C(=O)N[C@@H](CCSC)C(=O)N[C@H](C=O)CC(=O)O. The number of aliphatic hydroxyl groups is 2. The highest BCUT2D eigenvalue weighted by molar-refractivity contribution is 7.98. The fraction of sp³-hybridized carbons (Fsp3) is 0.750. The van der Waals surface area contributed by atoms with E-state index in [1.54, 1.807) is 20.1 Å². The number of nitrogens with zero attached hydrogens (tertiary/aromatic N) is 1. The first-order valence-corrected chi connectivity index (χ1v) is 16.3. The molecule has 45 heavy (non-hydrogen) atoms. The summed E-state index contributed by atoms with van der Waals surface area (Å²) in [5.41, 5.74) is 5.64. The van der Waals surface area contributed by atoms with Crippen molar-refractivity contribution in [3.05, 3.63) is 0 Å². The number of hydrogen-bond acceptors (Lipinski definition) is 11. The lowest BCUT2D eigenvalue weighted by Crippen LogP contribution is -2.62. The molecule has 1 aliphatic heterocycles. The number of nitrogens with one attached hydrogen (secondary N) is 4. The highest BCUT2D eigenvalue weighted by atomic mass is 32.2. The van der Waals surface area contributed by atoms with Crippen LogP contribution in [0.25, 0.3) is 0 Å². The number of nitrogens with two attached hydrogens (primary N) is 1. The van der Waals surface area contributed by atoms with Gasteiger partial charge >= 0.3 is 5.97 Å². The van der Waals surface area contributed by atoms with Crippen LogP contribution >= 0.6 is 11.8 Å². The summed E-state index contributed by atoms with van der Waals surface area (Å²) in [7, 11) is 0. The van der Waals surface area contributed by atoms with Gasteiger partial charge in [-0.3, -0.25) is 28.8 Å². The number of carbonyl (C=O) groups is 7. The van der Waals surface area contributed by atoms with Gasteiger partial charge < -0.3 is 52.0 Å². The van der Waals surface area contributed by atoms with E-state index in [0.29, 0.717) is 24.9 Å². The number of thioether (sulfide) groups is 1. The van der Waals surface area contributed by atoms with Gasteiger partial charge in [-0.2, -0.15) is 11.8 Å². The van der Waals surface area contributed by atoms with Crippen LogP contribution < -0.4 is 27.0 Å². The molecule has 1 fully saturated rings. The molecule has 0 spiro atoms. The zero-order chi connectivity index (χ0) is 34.4. The summed E-state index contributed by atoms with van der Waals surface area (Å²) in [6.07, 6.45) is 0.223. The van der Waals surface area contributed by atoms with E-state index in [4.69, 9.17) is 10.8 Å². The first kappa shape index (κ1) is 39.7. The molecule has 0 aromatic heterocycles. The van der Waals surface area contributed by atoms with Crippen molar-refractivity contribution in [2.75, 3.05) is 18.6 Å². The fourth-order valence-electron chi connectivity index (χ4n) is 4.66. The van der Waals surface area contributed by atoms with Crippen LogP contribution in [0.3, 0.4) is 0 Å². The Morgan fingerprint density at radius 2 is 1.58 bits per heavy atom. The first-order chi connectivity index (χ1) is 21.1. The zero-order valence-corrected chi connectivity index (χ0v) is 27.2. The van der Waals surface area contributed by atoms with Gasteiger partial charge in [-0.25, -0.2) is 0 Å². The summed E-state index contributed by atoms with van der Waals surface area (Å²) in [5.74, 6) is -4.93. The third kappa shape index (κ3) is 12.2. The Kier molecular flexibility index (Phi) is 17.0. The maximum absolute atomic E-state index is 13.8. The number of aliphatic carboxylic acids is 1. The predicted octanol–water partition coefficient (Wildman–Crippen LogP) is -2.52. The molecule has 9 atom stereocenters. The topological polar surface area (TPSA) is 258 Å². The van der Waals surface area contributed by atoms with Gasteiger partial charge in [0.2, 0.25) is 29.5 Å². The monoisotopic (exact) mass is 660 g/mol. The van der Waals surface area contributed by atoms with Crippen molar-refractivity contribution in [1.82, 2.24) is 26.2 Å². The molecule has 5 amide bonds. The average molecular weight is 661 g/mol. The fourth-order valence-corrected chi connectivity index (χ4v) is 5.13. The third-order valence-electron chi connectivity index (χ3n) is 7.63. The molecule has 256 valence electrons. The minimum atomic E-state index is -1.49. The molecule has 17 heteroatoms. The molecular weight excluding hydrogens is 612 g/mol. The van der Waals surface area contributed by atoms with Crippen LogP contribution in [0, 0.1) is 5.92 Å². The number of carboxylic acid groups (broad SMARTS) is 1. The van der Waals surface area contributed by atoms with Crippen molar-refractivity contribution >= 4 is 53.6 Å². The summed E-state index contributed by atoms with van der Waals surface area (Å²) in [6.45, 7) is 6.26. The third-order valence-corrected chi connectivity index (χ3v) is 8.27. The van der Waals surface area contributed by atoms with Crippen LogP contribution in [0.1, 0.15) is 59.8 Å². The van der Waals surface area contributed by atoms with Crippen LogP contribution in [0.15, 0.2) is 0 Å². The van der Waals surface area contributed by atoms with E-state index < -0.39 is 96.3 Å². The quantitative estimate of drug-likeness (QED) is 0.0668. The summed E-state index contributed by atoms with van der Waals surface area (Å²) < 4.78 is 0. The smallest absolute Gasteiger partial charge is 0.305 e. The Bertz CT molecular complexity index is 1060. The van der Waals surface area contributed by atoms with Gasteiger partial charge in [0.05, 0.1) is 24.7 Å². The molecule has 0 saturated carbocycles. The van der Waals surface area contributed by atoms with Gasteiger partial charge in [-0.15, -0.1) is 0 Å². The summed E-state index contributed by atoms with van der Waals surface area (Å²) >= 11 is 1.41. The van der Waals surface area contributed by atoms with Crippen LogP contribution in [0.4, 0.5) is 0 Å². The van der Waals surface area contributed by atoms with Gasteiger partial charge in [-0.1, -0.05) is 20.3 Å². The Labute approximate surface area is 267 Å². The molecule has 1 aliphatic rings.